The lowest BCUT2D eigenvalue weighted by atomic mass is 10.2. The van der Waals surface area contributed by atoms with Gasteiger partial charge in [-0.1, -0.05) is 0 Å². The number of carbonyl (C=O) groups is 2. The van der Waals surface area contributed by atoms with Crippen LogP contribution in [0.1, 0.15) is 26.5 Å². The summed E-state index contributed by atoms with van der Waals surface area (Å²) in [6.07, 6.45) is 0.640. The van der Waals surface area contributed by atoms with E-state index in [1.807, 2.05) is 6.07 Å². The van der Waals surface area contributed by atoms with Crippen molar-refractivity contribution < 1.29 is 14.7 Å². The van der Waals surface area contributed by atoms with Crippen LogP contribution in [0.25, 0.3) is 0 Å². The van der Waals surface area contributed by atoms with Gasteiger partial charge in [-0.25, -0.2) is 0 Å². The van der Waals surface area contributed by atoms with Crippen LogP contribution in [0.5, 0.6) is 0 Å². The van der Waals surface area contributed by atoms with Gasteiger partial charge in [0.1, 0.15) is 0 Å². The molecular formula is C9H9NO3S. The Hall–Kier alpha value is -1.36. The molecule has 14 heavy (non-hydrogen) atoms. The van der Waals surface area contributed by atoms with E-state index < -0.39 is 5.97 Å². The first-order valence-corrected chi connectivity index (χ1v) is 5.10. The number of nitrogens with one attached hydrogen (secondary N) is 1. The van der Waals surface area contributed by atoms with E-state index in [0.29, 0.717) is 13.0 Å². The van der Waals surface area contributed by atoms with E-state index >= 15 is 0 Å². The van der Waals surface area contributed by atoms with Gasteiger partial charge in [0.15, 0.2) is 0 Å². The maximum absolute atomic E-state index is 11.2. The van der Waals surface area contributed by atoms with Crippen LogP contribution in [-0.2, 0) is 17.8 Å². The highest BCUT2D eigenvalue weighted by atomic mass is 32.1. The quantitative estimate of drug-likeness (QED) is 0.784. The molecule has 0 aromatic carbocycles. The molecule has 2 N–H and O–H groups in total. The fraction of sp³-hybridized carbons (Fsp3) is 0.333. The second kappa shape index (κ2) is 3.42. The number of hydrogen-bond acceptors (Lipinski definition) is 3. The predicted molar refractivity (Wildman–Crippen MR) is 51.4 cm³/mol. The Bertz CT molecular complexity index is 397. The molecular weight excluding hydrogens is 202 g/mol. The Kier molecular flexibility index (Phi) is 2.25. The van der Waals surface area contributed by atoms with Crippen LogP contribution >= 0.6 is 11.3 Å². The molecule has 0 spiro atoms. The van der Waals surface area contributed by atoms with Crippen molar-refractivity contribution >= 4 is 23.2 Å². The van der Waals surface area contributed by atoms with Gasteiger partial charge in [-0.2, -0.15) is 0 Å². The highest BCUT2D eigenvalue weighted by Crippen LogP contribution is 2.27. The van der Waals surface area contributed by atoms with Gasteiger partial charge in [0.05, 0.1) is 11.3 Å². The van der Waals surface area contributed by atoms with Crippen LogP contribution in [-0.4, -0.2) is 17.0 Å². The van der Waals surface area contributed by atoms with E-state index in [-0.39, 0.29) is 12.3 Å². The summed E-state index contributed by atoms with van der Waals surface area (Å²) >= 11 is 1.40. The summed E-state index contributed by atoms with van der Waals surface area (Å²) in [5, 5.41) is 11.2. The van der Waals surface area contributed by atoms with Crippen molar-refractivity contribution in [2.45, 2.75) is 19.4 Å². The van der Waals surface area contributed by atoms with Crippen molar-refractivity contribution in [2.75, 3.05) is 0 Å². The summed E-state index contributed by atoms with van der Waals surface area (Å²) < 4.78 is 0. The smallest absolute Gasteiger partial charge is 0.303 e. The first-order chi connectivity index (χ1) is 6.66. The summed E-state index contributed by atoms with van der Waals surface area (Å²) in [7, 11) is 0. The number of hydrogen-bond donors (Lipinski definition) is 2. The highest BCUT2D eigenvalue weighted by Gasteiger charge is 2.22. The summed E-state index contributed by atoms with van der Waals surface area (Å²) in [6, 6.07) is 1.92. The van der Waals surface area contributed by atoms with Crippen molar-refractivity contribution in [2.24, 2.45) is 0 Å². The molecule has 1 amide bonds. The molecule has 4 nitrogen and oxygen atoms in total. The standard InChI is InChI=1S/C9H9NO3S/c11-7(12)2-1-6-3-5-4-10-9(13)8(5)14-6/h3H,1-2,4H2,(H,10,13)(H,11,12). The minimum atomic E-state index is -0.803. The van der Waals surface area contributed by atoms with Crippen LogP contribution in [0.2, 0.25) is 0 Å². The van der Waals surface area contributed by atoms with Crippen LogP contribution < -0.4 is 5.32 Å². The van der Waals surface area contributed by atoms with Crippen molar-refractivity contribution in [1.29, 1.82) is 0 Å². The average Bonchev–Trinajstić information content (AvgIpc) is 2.65. The average molecular weight is 211 g/mol. The maximum atomic E-state index is 11.2. The lowest BCUT2D eigenvalue weighted by Crippen LogP contribution is -2.12. The molecule has 1 aromatic rings. The SMILES string of the molecule is O=C(O)CCc1cc2c(s1)C(=O)NC2. The van der Waals surface area contributed by atoms with E-state index in [0.717, 1.165) is 15.3 Å². The molecule has 5 heteroatoms. The van der Waals surface area contributed by atoms with Gasteiger partial charge >= 0.3 is 5.97 Å². The molecule has 0 aliphatic carbocycles. The van der Waals surface area contributed by atoms with Crippen LogP contribution in [0.15, 0.2) is 6.07 Å². The van der Waals surface area contributed by atoms with Gasteiger partial charge in [0, 0.05) is 11.4 Å². The largest absolute Gasteiger partial charge is 0.481 e. The van der Waals surface area contributed by atoms with E-state index in [2.05, 4.69) is 5.32 Å². The summed E-state index contributed by atoms with van der Waals surface area (Å²) in [5.74, 6) is -0.838. The summed E-state index contributed by atoms with van der Waals surface area (Å²) in [5.41, 5.74) is 1.00. The zero-order valence-electron chi connectivity index (χ0n) is 7.37. The Labute approximate surface area is 84.6 Å². The molecule has 74 valence electrons. The van der Waals surface area contributed by atoms with Gasteiger partial charge in [0.2, 0.25) is 0 Å². The van der Waals surface area contributed by atoms with E-state index in [1.54, 1.807) is 0 Å². The second-order valence-electron chi connectivity index (χ2n) is 3.14. The van der Waals surface area contributed by atoms with Gasteiger partial charge in [-0.05, 0) is 18.1 Å². The third-order valence-electron chi connectivity index (χ3n) is 2.09. The molecule has 2 rings (SSSR count). The first kappa shape index (κ1) is 9.21. The highest BCUT2D eigenvalue weighted by molar-refractivity contribution is 7.14. The number of carbonyl (C=O) groups excluding carboxylic acids is 1. The van der Waals surface area contributed by atoms with Crippen molar-refractivity contribution in [1.82, 2.24) is 5.32 Å². The molecule has 0 atom stereocenters. The zero-order valence-corrected chi connectivity index (χ0v) is 8.19. The molecule has 1 aliphatic rings. The predicted octanol–water partition coefficient (Wildman–Crippen LogP) is 1.01. The Morgan fingerprint density at radius 3 is 3.07 bits per heavy atom. The van der Waals surface area contributed by atoms with Crippen molar-refractivity contribution in [3.05, 3.63) is 21.4 Å². The lowest BCUT2D eigenvalue weighted by Gasteiger charge is -1.93. The van der Waals surface area contributed by atoms with Crippen LogP contribution in [0.3, 0.4) is 0 Å². The zero-order chi connectivity index (χ0) is 10.1. The Morgan fingerprint density at radius 1 is 1.64 bits per heavy atom. The van der Waals surface area contributed by atoms with Crippen LogP contribution in [0, 0.1) is 0 Å². The topological polar surface area (TPSA) is 66.4 Å². The van der Waals surface area contributed by atoms with Crippen molar-refractivity contribution in [3.63, 3.8) is 0 Å². The van der Waals surface area contributed by atoms with Gasteiger partial charge in [-0.15, -0.1) is 11.3 Å². The third kappa shape index (κ3) is 1.63. The Morgan fingerprint density at radius 2 is 2.43 bits per heavy atom. The number of thiophene rings is 1. The number of amides is 1. The number of fused-ring (bicyclic) bond motifs is 1. The van der Waals surface area contributed by atoms with Crippen LogP contribution in [0.4, 0.5) is 0 Å². The third-order valence-corrected chi connectivity index (χ3v) is 3.33. The minimum Gasteiger partial charge on any atom is -0.481 e. The molecule has 0 fully saturated rings. The minimum absolute atomic E-state index is 0.0356. The fourth-order valence-electron chi connectivity index (χ4n) is 1.42. The van der Waals surface area contributed by atoms with E-state index in [9.17, 15) is 9.59 Å². The molecule has 0 radical (unpaired) electrons. The number of rotatable bonds is 3. The molecule has 0 bridgehead atoms. The maximum Gasteiger partial charge on any atom is 0.303 e. The summed E-state index contributed by atoms with van der Waals surface area (Å²) in [4.78, 5) is 23.3. The molecule has 1 aliphatic heterocycles. The van der Waals surface area contributed by atoms with Crippen molar-refractivity contribution in [3.8, 4) is 0 Å². The van der Waals surface area contributed by atoms with E-state index in [4.69, 9.17) is 5.11 Å². The molecule has 1 aromatic heterocycles. The Balaban J connectivity index is 2.11. The number of carboxylic acid groups (broad SMARTS) is 1. The molecule has 0 saturated carbocycles. The molecule has 2 heterocycles. The number of carboxylic acids is 1. The summed E-state index contributed by atoms with van der Waals surface area (Å²) in [6.45, 7) is 0.581. The normalized spacial score (nSPS) is 13.9. The van der Waals surface area contributed by atoms with Gasteiger partial charge in [-0.3, -0.25) is 9.59 Å². The van der Waals surface area contributed by atoms with E-state index in [1.165, 1.54) is 11.3 Å². The monoisotopic (exact) mass is 211 g/mol. The lowest BCUT2D eigenvalue weighted by molar-refractivity contribution is -0.136. The fourth-order valence-corrected chi connectivity index (χ4v) is 2.51. The van der Waals surface area contributed by atoms with Gasteiger partial charge < -0.3 is 10.4 Å². The molecule has 0 unspecified atom stereocenters. The number of aliphatic carboxylic acids is 1. The number of aryl methyl sites for hydroxylation is 1. The van der Waals surface area contributed by atoms with Gasteiger partial charge in [0.25, 0.3) is 5.91 Å². The second-order valence-corrected chi connectivity index (χ2v) is 4.28. The first-order valence-electron chi connectivity index (χ1n) is 4.28. The molecule has 0 saturated heterocycles.